The van der Waals surface area contributed by atoms with Crippen LogP contribution < -0.4 is 5.73 Å². The summed E-state index contributed by atoms with van der Waals surface area (Å²) in [5.41, 5.74) is 10.2. The van der Waals surface area contributed by atoms with Gasteiger partial charge in [-0.1, -0.05) is 15.9 Å². The molecule has 0 unspecified atom stereocenters. The molecule has 13 heavy (non-hydrogen) atoms. The molecule has 0 heterocycles. The summed E-state index contributed by atoms with van der Waals surface area (Å²) in [5, 5.41) is 0. The molecule has 0 saturated heterocycles. The second-order valence-electron chi connectivity index (χ2n) is 4.05. The lowest BCUT2D eigenvalue weighted by molar-refractivity contribution is 0.731. The highest BCUT2D eigenvalue weighted by Crippen LogP contribution is 2.45. The minimum absolute atomic E-state index is 0.0153. The third-order valence-electron chi connectivity index (χ3n) is 2.96. The predicted octanol–water partition coefficient (Wildman–Crippen LogP) is 3.01. The van der Waals surface area contributed by atoms with Crippen molar-refractivity contribution in [2.75, 3.05) is 0 Å². The van der Waals surface area contributed by atoms with Gasteiger partial charge in [0.1, 0.15) is 0 Å². The Morgan fingerprint density at radius 3 is 2.46 bits per heavy atom. The van der Waals surface area contributed by atoms with Crippen LogP contribution in [0.2, 0.25) is 0 Å². The second kappa shape index (κ2) is 2.82. The summed E-state index contributed by atoms with van der Waals surface area (Å²) in [4.78, 5) is 0. The normalized spacial score (nSPS) is 18.8. The average molecular weight is 240 g/mol. The first-order valence-corrected chi connectivity index (χ1v) is 5.38. The van der Waals surface area contributed by atoms with Gasteiger partial charge in [-0.15, -0.1) is 0 Å². The molecule has 70 valence electrons. The fourth-order valence-electron chi connectivity index (χ4n) is 1.74. The lowest BCUT2D eigenvalue weighted by Gasteiger charge is -2.15. The standard InChI is InChI=1S/C11H14BrN/c1-7-5-9(12)6-10(8(7)2)11(13)3-4-11/h5-6H,3-4,13H2,1-2H3. The molecule has 2 heteroatoms. The fourth-order valence-corrected chi connectivity index (χ4v) is 2.31. The highest BCUT2D eigenvalue weighted by molar-refractivity contribution is 9.10. The largest absolute Gasteiger partial charge is 0.321 e. The first-order valence-electron chi connectivity index (χ1n) is 4.59. The molecule has 1 aliphatic rings. The Kier molecular flexibility index (Phi) is 2.00. The van der Waals surface area contributed by atoms with Gasteiger partial charge < -0.3 is 5.73 Å². The van der Waals surface area contributed by atoms with Gasteiger partial charge in [-0.2, -0.15) is 0 Å². The lowest BCUT2D eigenvalue weighted by atomic mass is 9.96. The molecule has 1 nitrogen and oxygen atoms in total. The van der Waals surface area contributed by atoms with Gasteiger partial charge in [0.25, 0.3) is 0 Å². The number of hydrogen-bond acceptors (Lipinski definition) is 1. The quantitative estimate of drug-likeness (QED) is 0.802. The van der Waals surface area contributed by atoms with Gasteiger partial charge in [-0.3, -0.25) is 0 Å². The molecule has 1 fully saturated rings. The Bertz CT molecular complexity index is 353. The molecular formula is C11H14BrN. The van der Waals surface area contributed by atoms with Crippen molar-refractivity contribution in [1.29, 1.82) is 0 Å². The molecular weight excluding hydrogens is 226 g/mol. The molecule has 0 radical (unpaired) electrons. The molecule has 1 aromatic rings. The van der Waals surface area contributed by atoms with Crippen molar-refractivity contribution < 1.29 is 0 Å². The minimum Gasteiger partial charge on any atom is -0.321 e. The molecule has 1 aliphatic carbocycles. The van der Waals surface area contributed by atoms with Crippen molar-refractivity contribution in [3.05, 3.63) is 33.3 Å². The maximum atomic E-state index is 6.19. The van der Waals surface area contributed by atoms with Gasteiger partial charge in [-0.25, -0.2) is 0 Å². The summed E-state index contributed by atoms with van der Waals surface area (Å²) < 4.78 is 1.14. The Morgan fingerprint density at radius 2 is 1.92 bits per heavy atom. The molecule has 2 rings (SSSR count). The van der Waals surface area contributed by atoms with Gasteiger partial charge in [0.2, 0.25) is 0 Å². The van der Waals surface area contributed by atoms with Gasteiger partial charge >= 0.3 is 0 Å². The average Bonchev–Trinajstić information content (AvgIpc) is 2.77. The molecule has 0 amide bonds. The Hall–Kier alpha value is -0.340. The number of nitrogens with two attached hydrogens (primary N) is 1. The van der Waals surface area contributed by atoms with E-state index < -0.39 is 0 Å². The zero-order valence-corrected chi connectivity index (χ0v) is 9.61. The monoisotopic (exact) mass is 239 g/mol. The Balaban J connectivity index is 2.56. The third-order valence-corrected chi connectivity index (χ3v) is 3.42. The Morgan fingerprint density at radius 1 is 1.31 bits per heavy atom. The summed E-state index contributed by atoms with van der Waals surface area (Å²) in [6.07, 6.45) is 2.26. The van der Waals surface area contributed by atoms with Crippen LogP contribution in [0.4, 0.5) is 0 Å². The van der Waals surface area contributed by atoms with E-state index in [0.29, 0.717) is 0 Å². The maximum Gasteiger partial charge on any atom is 0.0414 e. The molecule has 0 atom stereocenters. The van der Waals surface area contributed by atoms with Gasteiger partial charge in [-0.05, 0) is 55.5 Å². The minimum atomic E-state index is -0.0153. The molecule has 2 N–H and O–H groups in total. The number of hydrogen-bond donors (Lipinski definition) is 1. The van der Waals surface area contributed by atoms with Crippen LogP contribution >= 0.6 is 15.9 Å². The van der Waals surface area contributed by atoms with Crippen molar-refractivity contribution in [2.24, 2.45) is 5.73 Å². The number of rotatable bonds is 1. The second-order valence-corrected chi connectivity index (χ2v) is 4.97. The van der Waals surface area contributed by atoms with Gasteiger partial charge in [0, 0.05) is 10.0 Å². The third kappa shape index (κ3) is 1.53. The van der Waals surface area contributed by atoms with E-state index in [0.717, 1.165) is 17.3 Å². The number of aryl methyl sites for hydroxylation is 1. The first-order chi connectivity index (χ1) is 6.03. The van der Waals surface area contributed by atoms with Crippen LogP contribution in [0, 0.1) is 13.8 Å². The summed E-state index contributed by atoms with van der Waals surface area (Å²) in [5.74, 6) is 0. The van der Waals surface area contributed by atoms with E-state index in [-0.39, 0.29) is 5.54 Å². The van der Waals surface area contributed by atoms with Crippen LogP contribution in [-0.2, 0) is 5.54 Å². The van der Waals surface area contributed by atoms with Gasteiger partial charge in [0.15, 0.2) is 0 Å². The van der Waals surface area contributed by atoms with Crippen molar-refractivity contribution in [2.45, 2.75) is 32.2 Å². The van der Waals surface area contributed by atoms with Crippen LogP contribution in [-0.4, -0.2) is 0 Å². The fraction of sp³-hybridized carbons (Fsp3) is 0.455. The lowest BCUT2D eigenvalue weighted by Crippen LogP contribution is -2.20. The Labute approximate surface area is 87.5 Å². The zero-order valence-electron chi connectivity index (χ0n) is 8.02. The van der Waals surface area contributed by atoms with E-state index in [1.807, 2.05) is 0 Å². The van der Waals surface area contributed by atoms with Crippen molar-refractivity contribution >= 4 is 15.9 Å². The van der Waals surface area contributed by atoms with Crippen molar-refractivity contribution in [1.82, 2.24) is 0 Å². The molecule has 0 aliphatic heterocycles. The maximum absolute atomic E-state index is 6.19. The van der Waals surface area contributed by atoms with Crippen LogP contribution in [0.3, 0.4) is 0 Å². The molecule has 1 aromatic carbocycles. The van der Waals surface area contributed by atoms with Gasteiger partial charge in [0.05, 0.1) is 0 Å². The van der Waals surface area contributed by atoms with E-state index in [2.05, 4.69) is 41.9 Å². The number of benzene rings is 1. The SMILES string of the molecule is Cc1cc(Br)cc(C2(N)CC2)c1C. The summed E-state index contributed by atoms with van der Waals surface area (Å²) in [6.45, 7) is 4.29. The van der Waals surface area contributed by atoms with Crippen molar-refractivity contribution in [3.8, 4) is 0 Å². The van der Waals surface area contributed by atoms with Crippen LogP contribution in [0.1, 0.15) is 29.5 Å². The molecule has 0 spiro atoms. The summed E-state index contributed by atoms with van der Waals surface area (Å²) >= 11 is 3.51. The van der Waals surface area contributed by atoms with Crippen LogP contribution in [0.15, 0.2) is 16.6 Å². The molecule has 0 bridgehead atoms. The zero-order chi connectivity index (χ0) is 9.64. The van der Waals surface area contributed by atoms with Crippen LogP contribution in [0.25, 0.3) is 0 Å². The van der Waals surface area contributed by atoms with Crippen molar-refractivity contribution in [3.63, 3.8) is 0 Å². The summed E-state index contributed by atoms with van der Waals surface area (Å²) in [7, 11) is 0. The highest BCUT2D eigenvalue weighted by atomic mass is 79.9. The number of halogens is 1. The molecule has 0 aromatic heterocycles. The van der Waals surface area contributed by atoms with Crippen LogP contribution in [0.5, 0.6) is 0 Å². The van der Waals surface area contributed by atoms with E-state index in [1.54, 1.807) is 0 Å². The smallest absolute Gasteiger partial charge is 0.0414 e. The van der Waals surface area contributed by atoms with E-state index in [9.17, 15) is 0 Å². The van der Waals surface area contributed by atoms with E-state index >= 15 is 0 Å². The summed E-state index contributed by atoms with van der Waals surface area (Å²) in [6, 6.07) is 4.31. The van der Waals surface area contributed by atoms with E-state index in [1.165, 1.54) is 16.7 Å². The predicted molar refractivity (Wildman–Crippen MR) is 58.7 cm³/mol. The van der Waals surface area contributed by atoms with E-state index in [4.69, 9.17) is 5.73 Å². The topological polar surface area (TPSA) is 26.0 Å². The molecule has 1 saturated carbocycles. The highest BCUT2D eigenvalue weighted by Gasteiger charge is 2.41. The first kappa shape index (κ1) is 9.22.